The van der Waals surface area contributed by atoms with Crippen LogP contribution < -0.4 is 5.73 Å². The van der Waals surface area contributed by atoms with Gasteiger partial charge in [0.25, 0.3) is 10.1 Å². The molecule has 80 valence electrons. The molecule has 0 aromatic rings. The number of aliphatic hydroxyl groups excluding tert-OH is 1. The molecule has 0 aliphatic carbocycles. The zero-order chi connectivity index (χ0) is 10.3. The fourth-order valence-corrected chi connectivity index (χ4v) is 1.91. The number of nitrogens with two attached hydrogens (primary N) is 1. The third-order valence-corrected chi connectivity index (χ3v) is 3.46. The Hall–Kier alpha value is -0.170. The van der Waals surface area contributed by atoms with E-state index in [1.165, 1.54) is 0 Å². The molecule has 0 aliphatic heterocycles. The lowest BCUT2D eigenvalue weighted by atomic mass is 10.3. The number of hydrogen-bond donors (Lipinski definition) is 2. The summed E-state index contributed by atoms with van der Waals surface area (Å²) in [5.74, 6) is 0. The summed E-state index contributed by atoms with van der Waals surface area (Å²) in [5, 5.41) is 7.92. The Kier molecular flexibility index (Phi) is 6.23. The average molecular weight is 211 g/mol. The van der Waals surface area contributed by atoms with Crippen molar-refractivity contribution in [2.45, 2.75) is 25.0 Å². The van der Waals surface area contributed by atoms with E-state index in [1.54, 1.807) is 6.92 Å². The summed E-state index contributed by atoms with van der Waals surface area (Å²) >= 11 is 0. The molecule has 5 nitrogen and oxygen atoms in total. The van der Waals surface area contributed by atoms with Gasteiger partial charge < -0.3 is 10.8 Å². The molecule has 0 fully saturated rings. The van der Waals surface area contributed by atoms with E-state index in [0.29, 0.717) is 19.4 Å². The summed E-state index contributed by atoms with van der Waals surface area (Å²) in [6.45, 7) is 1.77. The first kappa shape index (κ1) is 12.8. The standard InChI is InChI=1S/C7H17NO4S/c1-2-7(6-9)13(10,11)12-5-3-4-8/h7,9H,2-6,8H2,1H3/t7-/m0/s1. The van der Waals surface area contributed by atoms with E-state index in [2.05, 4.69) is 4.18 Å². The molecular weight excluding hydrogens is 194 g/mol. The Morgan fingerprint density at radius 2 is 2.15 bits per heavy atom. The van der Waals surface area contributed by atoms with Crippen molar-refractivity contribution in [1.82, 2.24) is 0 Å². The molecule has 0 saturated heterocycles. The second-order valence-corrected chi connectivity index (χ2v) is 4.56. The van der Waals surface area contributed by atoms with Crippen molar-refractivity contribution < 1.29 is 17.7 Å². The molecular formula is C7H17NO4S. The Balaban J connectivity index is 4.05. The second-order valence-electron chi connectivity index (χ2n) is 2.67. The predicted molar refractivity (Wildman–Crippen MR) is 49.7 cm³/mol. The Morgan fingerprint density at radius 1 is 1.54 bits per heavy atom. The first-order valence-electron chi connectivity index (χ1n) is 4.27. The maximum atomic E-state index is 11.2. The largest absolute Gasteiger partial charge is 0.395 e. The van der Waals surface area contributed by atoms with E-state index in [0.717, 1.165) is 0 Å². The summed E-state index contributed by atoms with van der Waals surface area (Å²) in [6, 6.07) is 0. The quantitative estimate of drug-likeness (QED) is 0.436. The van der Waals surface area contributed by atoms with E-state index in [1.807, 2.05) is 0 Å². The predicted octanol–water partition coefficient (Wildman–Crippen LogP) is -0.547. The van der Waals surface area contributed by atoms with Crippen LogP contribution in [0.4, 0.5) is 0 Å². The molecule has 0 rings (SSSR count). The molecule has 0 spiro atoms. The summed E-state index contributed by atoms with van der Waals surface area (Å²) in [4.78, 5) is 0. The monoisotopic (exact) mass is 211 g/mol. The van der Waals surface area contributed by atoms with Crippen LogP contribution in [0.15, 0.2) is 0 Å². The van der Waals surface area contributed by atoms with Gasteiger partial charge in [0.05, 0.1) is 13.2 Å². The van der Waals surface area contributed by atoms with Crippen LogP contribution in [0.25, 0.3) is 0 Å². The average Bonchev–Trinajstić information content (AvgIpc) is 2.06. The Bertz CT molecular complexity index is 211. The minimum Gasteiger partial charge on any atom is -0.395 e. The van der Waals surface area contributed by atoms with Gasteiger partial charge in [-0.15, -0.1) is 0 Å². The molecule has 0 bridgehead atoms. The molecule has 0 aromatic heterocycles. The first-order chi connectivity index (χ1) is 6.08. The normalized spacial score (nSPS) is 14.4. The summed E-state index contributed by atoms with van der Waals surface area (Å²) in [5.41, 5.74) is 5.17. The van der Waals surface area contributed by atoms with Crippen LogP contribution >= 0.6 is 0 Å². The molecule has 0 aliphatic rings. The summed E-state index contributed by atoms with van der Waals surface area (Å²) in [7, 11) is -3.60. The van der Waals surface area contributed by atoms with Gasteiger partial charge in [0.2, 0.25) is 0 Å². The van der Waals surface area contributed by atoms with E-state index < -0.39 is 22.0 Å². The Morgan fingerprint density at radius 3 is 2.54 bits per heavy atom. The van der Waals surface area contributed by atoms with Gasteiger partial charge in [0, 0.05) is 0 Å². The van der Waals surface area contributed by atoms with Gasteiger partial charge in [-0.25, -0.2) is 0 Å². The van der Waals surface area contributed by atoms with Crippen LogP contribution in [0.1, 0.15) is 19.8 Å². The zero-order valence-electron chi connectivity index (χ0n) is 7.77. The van der Waals surface area contributed by atoms with Crippen LogP contribution in [-0.2, 0) is 14.3 Å². The molecule has 3 N–H and O–H groups in total. The van der Waals surface area contributed by atoms with Crippen molar-refractivity contribution in [2.75, 3.05) is 19.8 Å². The van der Waals surface area contributed by atoms with Crippen molar-refractivity contribution in [2.24, 2.45) is 5.73 Å². The van der Waals surface area contributed by atoms with Crippen LogP contribution in [-0.4, -0.2) is 38.5 Å². The van der Waals surface area contributed by atoms with E-state index in [-0.39, 0.29) is 6.61 Å². The molecule has 0 unspecified atom stereocenters. The van der Waals surface area contributed by atoms with Crippen molar-refractivity contribution in [3.8, 4) is 0 Å². The highest BCUT2D eigenvalue weighted by Gasteiger charge is 2.23. The second kappa shape index (κ2) is 6.31. The SMILES string of the molecule is CC[C@@H](CO)S(=O)(=O)OCCCN. The lowest BCUT2D eigenvalue weighted by Crippen LogP contribution is -2.27. The lowest BCUT2D eigenvalue weighted by molar-refractivity contribution is 0.261. The summed E-state index contributed by atoms with van der Waals surface area (Å²) < 4.78 is 27.1. The minimum atomic E-state index is -3.60. The van der Waals surface area contributed by atoms with Gasteiger partial charge in [-0.05, 0) is 19.4 Å². The number of rotatable bonds is 7. The van der Waals surface area contributed by atoms with Crippen LogP contribution in [0, 0.1) is 0 Å². The third kappa shape index (κ3) is 4.56. The highest BCUT2D eigenvalue weighted by molar-refractivity contribution is 7.87. The van der Waals surface area contributed by atoms with Gasteiger partial charge >= 0.3 is 0 Å². The lowest BCUT2D eigenvalue weighted by Gasteiger charge is -2.12. The van der Waals surface area contributed by atoms with Crippen molar-refractivity contribution in [3.63, 3.8) is 0 Å². The molecule has 0 heterocycles. The third-order valence-electron chi connectivity index (χ3n) is 1.66. The fraction of sp³-hybridized carbons (Fsp3) is 1.00. The van der Waals surface area contributed by atoms with Gasteiger partial charge in [0.15, 0.2) is 0 Å². The van der Waals surface area contributed by atoms with Gasteiger partial charge in [-0.2, -0.15) is 8.42 Å². The van der Waals surface area contributed by atoms with E-state index in [4.69, 9.17) is 10.8 Å². The number of hydrogen-bond acceptors (Lipinski definition) is 5. The smallest absolute Gasteiger partial charge is 0.272 e. The van der Waals surface area contributed by atoms with Gasteiger partial charge in [-0.1, -0.05) is 6.92 Å². The molecule has 0 saturated carbocycles. The Labute approximate surface area is 79.0 Å². The molecule has 0 radical (unpaired) electrons. The van der Waals surface area contributed by atoms with Crippen molar-refractivity contribution in [1.29, 1.82) is 0 Å². The highest BCUT2D eigenvalue weighted by Crippen LogP contribution is 2.07. The molecule has 13 heavy (non-hydrogen) atoms. The van der Waals surface area contributed by atoms with Crippen LogP contribution in [0.3, 0.4) is 0 Å². The minimum absolute atomic E-state index is 0.0926. The maximum absolute atomic E-state index is 11.2. The summed E-state index contributed by atoms with van der Waals surface area (Å²) in [6.07, 6.45) is 0.850. The first-order valence-corrected chi connectivity index (χ1v) is 5.74. The highest BCUT2D eigenvalue weighted by atomic mass is 32.2. The van der Waals surface area contributed by atoms with Crippen molar-refractivity contribution in [3.05, 3.63) is 0 Å². The zero-order valence-corrected chi connectivity index (χ0v) is 8.59. The van der Waals surface area contributed by atoms with Gasteiger partial charge in [0.1, 0.15) is 5.25 Å². The van der Waals surface area contributed by atoms with Gasteiger partial charge in [-0.3, -0.25) is 4.18 Å². The van der Waals surface area contributed by atoms with E-state index in [9.17, 15) is 8.42 Å². The molecule has 1 atom stereocenters. The van der Waals surface area contributed by atoms with E-state index >= 15 is 0 Å². The van der Waals surface area contributed by atoms with Crippen molar-refractivity contribution >= 4 is 10.1 Å². The maximum Gasteiger partial charge on any atom is 0.272 e. The topological polar surface area (TPSA) is 89.6 Å². The number of aliphatic hydroxyl groups is 1. The molecule has 6 heteroatoms. The fourth-order valence-electron chi connectivity index (χ4n) is 0.779. The molecule has 0 amide bonds. The molecule has 0 aromatic carbocycles. The van der Waals surface area contributed by atoms with Crippen LogP contribution in [0.2, 0.25) is 0 Å². The van der Waals surface area contributed by atoms with Crippen LogP contribution in [0.5, 0.6) is 0 Å².